The molecule has 0 amide bonds. The quantitative estimate of drug-likeness (QED) is 0.667. The van der Waals surface area contributed by atoms with Gasteiger partial charge in [-0.1, -0.05) is 53.7 Å². The van der Waals surface area contributed by atoms with E-state index in [1.165, 1.54) is 23.1 Å². The molecule has 0 spiro atoms. The van der Waals surface area contributed by atoms with Gasteiger partial charge in [0, 0.05) is 16.7 Å². The van der Waals surface area contributed by atoms with Gasteiger partial charge in [-0.25, -0.2) is 9.97 Å². The van der Waals surface area contributed by atoms with E-state index in [4.69, 9.17) is 17.3 Å². The first-order valence-corrected chi connectivity index (χ1v) is 9.30. The summed E-state index contributed by atoms with van der Waals surface area (Å²) in [7, 11) is 0. The maximum absolute atomic E-state index is 9.68. The Kier molecular flexibility index (Phi) is 5.20. The molecule has 5 nitrogen and oxygen atoms in total. The van der Waals surface area contributed by atoms with Crippen LogP contribution in [0.25, 0.3) is 11.1 Å². The number of benzene rings is 1. The molecule has 1 aromatic carbocycles. The van der Waals surface area contributed by atoms with E-state index in [9.17, 15) is 10.5 Å². The number of nitrogen functional groups attached to an aromatic ring is 1. The molecule has 0 aliphatic heterocycles. The molecule has 0 saturated carbocycles. The molecule has 3 rings (SSSR count). The number of pyridine rings is 1. The first kappa shape index (κ1) is 17.2. The molecule has 0 bridgehead atoms. The second kappa shape index (κ2) is 7.54. The van der Waals surface area contributed by atoms with Crippen molar-refractivity contribution >= 4 is 40.5 Å². The van der Waals surface area contributed by atoms with E-state index in [0.717, 1.165) is 11.3 Å². The number of nitrogens with zero attached hydrogens (tertiary/aromatic N) is 4. The third-order valence-corrected chi connectivity index (χ3v) is 5.40. The summed E-state index contributed by atoms with van der Waals surface area (Å²) in [6, 6.07) is 13.5. The van der Waals surface area contributed by atoms with Gasteiger partial charge in [0.05, 0.1) is 11.3 Å². The number of rotatable bonds is 4. The summed E-state index contributed by atoms with van der Waals surface area (Å²) in [5, 5.41) is 21.5. The number of anilines is 1. The van der Waals surface area contributed by atoms with Crippen LogP contribution in [0.15, 0.2) is 40.7 Å². The highest BCUT2D eigenvalue weighted by atomic mass is 35.5. The first-order valence-electron chi connectivity index (χ1n) is 7.05. The third kappa shape index (κ3) is 3.59. The molecule has 0 fully saturated rings. The molecule has 0 unspecified atom stereocenters. The fourth-order valence-electron chi connectivity index (χ4n) is 2.29. The second-order valence-corrected chi connectivity index (χ2v) is 7.30. The van der Waals surface area contributed by atoms with Gasteiger partial charge in [-0.15, -0.1) is 11.3 Å². The second-order valence-electron chi connectivity index (χ2n) is 4.90. The Balaban J connectivity index is 2.09. The fourth-order valence-corrected chi connectivity index (χ4v) is 4.06. The molecule has 122 valence electrons. The van der Waals surface area contributed by atoms with Crippen molar-refractivity contribution in [2.24, 2.45) is 0 Å². The molecule has 8 heteroatoms. The van der Waals surface area contributed by atoms with Crippen LogP contribution in [0.5, 0.6) is 0 Å². The minimum Gasteiger partial charge on any atom is -0.383 e. The van der Waals surface area contributed by atoms with Crippen LogP contribution in [0.3, 0.4) is 0 Å². The van der Waals surface area contributed by atoms with Crippen LogP contribution in [0.2, 0.25) is 4.47 Å². The zero-order chi connectivity index (χ0) is 17.8. The SMILES string of the molecule is N#Cc1c(N)nc(SCc2csc(Cl)n2)c(C#N)c1-c1ccccc1. The van der Waals surface area contributed by atoms with E-state index >= 15 is 0 Å². The molecule has 2 N–H and O–H groups in total. The van der Waals surface area contributed by atoms with Crippen LogP contribution in [0.1, 0.15) is 16.8 Å². The van der Waals surface area contributed by atoms with Crippen molar-refractivity contribution in [1.82, 2.24) is 9.97 Å². The Bertz CT molecular complexity index is 1000. The summed E-state index contributed by atoms with van der Waals surface area (Å²) in [5.41, 5.74) is 8.59. The lowest BCUT2D eigenvalue weighted by Gasteiger charge is -2.12. The van der Waals surface area contributed by atoms with Crippen LogP contribution in [-0.4, -0.2) is 9.97 Å². The molecule has 0 saturated heterocycles. The number of thioether (sulfide) groups is 1. The third-order valence-electron chi connectivity index (χ3n) is 3.36. The number of hydrogen-bond donors (Lipinski definition) is 1. The first-order chi connectivity index (χ1) is 12.1. The Hall–Kier alpha value is -2.58. The summed E-state index contributed by atoms with van der Waals surface area (Å²) < 4.78 is 0.466. The van der Waals surface area contributed by atoms with Crippen molar-refractivity contribution in [3.05, 3.63) is 57.0 Å². The number of halogens is 1. The average Bonchev–Trinajstić information content (AvgIpc) is 3.05. The fraction of sp³-hybridized carbons (Fsp3) is 0.0588. The van der Waals surface area contributed by atoms with Gasteiger partial charge in [0.15, 0.2) is 4.47 Å². The molecule has 0 aliphatic carbocycles. The Morgan fingerprint density at radius 3 is 2.44 bits per heavy atom. The molecule has 2 aromatic heterocycles. The number of hydrogen-bond acceptors (Lipinski definition) is 7. The monoisotopic (exact) mass is 383 g/mol. The highest BCUT2D eigenvalue weighted by Crippen LogP contribution is 2.36. The van der Waals surface area contributed by atoms with E-state index in [1.807, 2.05) is 35.7 Å². The maximum atomic E-state index is 9.68. The predicted molar refractivity (Wildman–Crippen MR) is 100 cm³/mol. The molecule has 25 heavy (non-hydrogen) atoms. The standard InChI is InChI=1S/C17H10ClN5S2/c18-17-22-11(9-25-17)8-24-16-13(7-20)14(10-4-2-1-3-5-10)12(6-19)15(21)23-16/h1-5,9H,8H2,(H2,21,23). The van der Waals surface area contributed by atoms with E-state index in [0.29, 0.717) is 26.4 Å². The van der Waals surface area contributed by atoms with Crippen LogP contribution in [-0.2, 0) is 5.75 Å². The lowest BCUT2D eigenvalue weighted by molar-refractivity contribution is 1.11. The Morgan fingerprint density at radius 2 is 1.84 bits per heavy atom. The maximum Gasteiger partial charge on any atom is 0.183 e. The summed E-state index contributed by atoms with van der Waals surface area (Å²) in [6.45, 7) is 0. The van der Waals surface area contributed by atoms with Crippen molar-refractivity contribution < 1.29 is 0 Å². The van der Waals surface area contributed by atoms with E-state index in [2.05, 4.69) is 22.1 Å². The summed E-state index contributed by atoms with van der Waals surface area (Å²) in [4.78, 5) is 8.45. The molecule has 0 aliphatic rings. The van der Waals surface area contributed by atoms with Gasteiger partial charge in [-0.3, -0.25) is 0 Å². The van der Waals surface area contributed by atoms with Crippen molar-refractivity contribution in [1.29, 1.82) is 10.5 Å². The lowest BCUT2D eigenvalue weighted by Crippen LogP contribution is -2.03. The zero-order valence-electron chi connectivity index (χ0n) is 12.7. The van der Waals surface area contributed by atoms with Crippen molar-refractivity contribution in [2.45, 2.75) is 10.8 Å². The number of nitriles is 2. The van der Waals surface area contributed by atoms with Gasteiger partial charge < -0.3 is 5.73 Å². The van der Waals surface area contributed by atoms with Crippen LogP contribution >= 0.6 is 34.7 Å². The summed E-state index contributed by atoms with van der Waals surface area (Å²) in [5.74, 6) is 0.615. The predicted octanol–water partition coefficient (Wildman–Crippen LogP) is 4.48. The number of thiazole rings is 1. The minimum absolute atomic E-state index is 0.110. The number of nitrogens with two attached hydrogens (primary N) is 1. The minimum atomic E-state index is 0.110. The van der Waals surface area contributed by atoms with E-state index in [-0.39, 0.29) is 11.4 Å². The Labute approximate surface area is 157 Å². The number of aromatic nitrogens is 2. The van der Waals surface area contributed by atoms with Gasteiger partial charge in [-0.05, 0) is 5.56 Å². The molecule has 2 heterocycles. The van der Waals surface area contributed by atoms with E-state index in [1.54, 1.807) is 0 Å². The molecular weight excluding hydrogens is 374 g/mol. The van der Waals surface area contributed by atoms with Crippen LogP contribution < -0.4 is 5.73 Å². The average molecular weight is 384 g/mol. The summed E-state index contributed by atoms with van der Waals surface area (Å²) in [6.07, 6.45) is 0. The zero-order valence-corrected chi connectivity index (χ0v) is 15.1. The molecule has 0 atom stereocenters. The van der Waals surface area contributed by atoms with Crippen molar-refractivity contribution in [2.75, 3.05) is 5.73 Å². The van der Waals surface area contributed by atoms with Crippen LogP contribution in [0.4, 0.5) is 5.82 Å². The van der Waals surface area contributed by atoms with Crippen LogP contribution in [0, 0.1) is 22.7 Å². The van der Waals surface area contributed by atoms with Gasteiger partial charge in [0.2, 0.25) is 0 Å². The van der Waals surface area contributed by atoms with Crippen molar-refractivity contribution in [3.63, 3.8) is 0 Å². The normalized spacial score (nSPS) is 10.2. The highest BCUT2D eigenvalue weighted by Gasteiger charge is 2.20. The molecule has 0 radical (unpaired) electrons. The van der Waals surface area contributed by atoms with Gasteiger partial charge in [-0.2, -0.15) is 10.5 Å². The largest absolute Gasteiger partial charge is 0.383 e. The van der Waals surface area contributed by atoms with Gasteiger partial charge in [0.25, 0.3) is 0 Å². The highest BCUT2D eigenvalue weighted by molar-refractivity contribution is 7.98. The smallest absolute Gasteiger partial charge is 0.183 e. The Morgan fingerprint density at radius 1 is 1.12 bits per heavy atom. The molecular formula is C17H10ClN5S2. The van der Waals surface area contributed by atoms with Gasteiger partial charge >= 0.3 is 0 Å². The topological polar surface area (TPSA) is 99.4 Å². The van der Waals surface area contributed by atoms with Gasteiger partial charge in [0.1, 0.15) is 28.5 Å². The van der Waals surface area contributed by atoms with Crippen molar-refractivity contribution in [3.8, 4) is 23.3 Å². The molecule has 3 aromatic rings. The van der Waals surface area contributed by atoms with E-state index < -0.39 is 0 Å². The lowest BCUT2D eigenvalue weighted by atomic mass is 9.97. The summed E-state index contributed by atoms with van der Waals surface area (Å²) >= 11 is 8.53.